The van der Waals surface area contributed by atoms with Crippen LogP contribution in [-0.4, -0.2) is 29.8 Å². The van der Waals surface area contributed by atoms with Crippen molar-refractivity contribution in [2.24, 2.45) is 5.92 Å². The minimum absolute atomic E-state index is 0.00254. The number of hydrogen-bond acceptors (Lipinski definition) is 3. The Kier molecular flexibility index (Phi) is 6.69. The van der Waals surface area contributed by atoms with Crippen LogP contribution in [0.5, 0.6) is 0 Å². The van der Waals surface area contributed by atoms with Crippen LogP contribution in [0, 0.1) is 5.92 Å². The van der Waals surface area contributed by atoms with Crippen LogP contribution >= 0.6 is 22.9 Å². The van der Waals surface area contributed by atoms with E-state index in [1.165, 1.54) is 4.88 Å². The van der Waals surface area contributed by atoms with Gasteiger partial charge < -0.3 is 10.2 Å². The molecule has 1 aromatic heterocycles. The topological polar surface area (TPSA) is 49.4 Å². The summed E-state index contributed by atoms with van der Waals surface area (Å²) in [6.45, 7) is 2.07. The number of thiophene rings is 1. The molecule has 2 heterocycles. The molecule has 138 valence electrons. The average Bonchev–Trinajstić information content (AvgIpc) is 3.18. The molecule has 0 aliphatic carbocycles. The second-order valence-electron chi connectivity index (χ2n) is 6.61. The highest BCUT2D eigenvalue weighted by Gasteiger charge is 2.25. The number of piperidine rings is 1. The Balaban J connectivity index is 1.39. The lowest BCUT2D eigenvalue weighted by Gasteiger charge is -2.32. The van der Waals surface area contributed by atoms with Gasteiger partial charge >= 0.3 is 0 Å². The zero-order chi connectivity index (χ0) is 18.4. The second-order valence-corrected chi connectivity index (χ2v) is 8.05. The van der Waals surface area contributed by atoms with Crippen LogP contribution in [-0.2, 0) is 11.3 Å². The minimum atomic E-state index is 0.00254. The fourth-order valence-corrected chi connectivity index (χ4v) is 4.11. The summed E-state index contributed by atoms with van der Waals surface area (Å²) < 4.78 is 0. The molecule has 2 amide bonds. The van der Waals surface area contributed by atoms with E-state index < -0.39 is 0 Å². The Morgan fingerprint density at radius 3 is 2.62 bits per heavy atom. The van der Waals surface area contributed by atoms with Gasteiger partial charge in [-0.2, -0.15) is 0 Å². The molecule has 0 spiro atoms. The smallest absolute Gasteiger partial charge is 0.255 e. The first-order valence-electron chi connectivity index (χ1n) is 8.96. The van der Waals surface area contributed by atoms with Crippen molar-refractivity contribution in [1.82, 2.24) is 10.2 Å². The lowest BCUT2D eigenvalue weighted by atomic mass is 9.91. The summed E-state index contributed by atoms with van der Waals surface area (Å²) in [5.41, 5.74) is 0.570. The molecule has 0 radical (unpaired) electrons. The largest absolute Gasteiger partial charge is 0.351 e. The third-order valence-corrected chi connectivity index (χ3v) is 6.03. The van der Waals surface area contributed by atoms with E-state index in [0.717, 1.165) is 32.4 Å². The number of carbonyl (C=O) groups is 2. The molecule has 1 aliphatic rings. The van der Waals surface area contributed by atoms with E-state index in [2.05, 4.69) is 5.32 Å². The molecular weight excluding hydrogens is 368 g/mol. The van der Waals surface area contributed by atoms with E-state index in [-0.39, 0.29) is 11.8 Å². The first-order chi connectivity index (χ1) is 12.6. The summed E-state index contributed by atoms with van der Waals surface area (Å²) in [4.78, 5) is 27.6. The first-order valence-corrected chi connectivity index (χ1v) is 10.2. The molecule has 0 atom stereocenters. The number of carbonyl (C=O) groups excluding carboxylic acids is 2. The third kappa shape index (κ3) is 5.08. The molecule has 0 saturated carbocycles. The van der Waals surface area contributed by atoms with Gasteiger partial charge in [-0.3, -0.25) is 9.59 Å². The fourth-order valence-electron chi connectivity index (χ4n) is 3.25. The molecule has 1 aromatic carbocycles. The van der Waals surface area contributed by atoms with Crippen LogP contribution in [0.15, 0.2) is 41.8 Å². The highest BCUT2D eigenvalue weighted by molar-refractivity contribution is 7.09. The van der Waals surface area contributed by atoms with Gasteiger partial charge in [0.05, 0.1) is 17.1 Å². The molecule has 0 unspecified atom stereocenters. The number of hydrogen-bond donors (Lipinski definition) is 1. The summed E-state index contributed by atoms with van der Waals surface area (Å²) in [6.07, 6.45) is 3.31. The number of halogens is 1. The highest BCUT2D eigenvalue weighted by atomic mass is 35.5. The Bertz CT molecular complexity index is 740. The normalized spacial score (nSPS) is 15.0. The first kappa shape index (κ1) is 18.9. The Morgan fingerprint density at radius 1 is 1.15 bits per heavy atom. The average molecular weight is 391 g/mol. The maximum Gasteiger partial charge on any atom is 0.255 e. The maximum absolute atomic E-state index is 12.6. The molecule has 6 heteroatoms. The van der Waals surface area contributed by atoms with Gasteiger partial charge in [0.25, 0.3) is 5.91 Å². The highest BCUT2D eigenvalue weighted by Crippen LogP contribution is 2.25. The van der Waals surface area contributed by atoms with Crippen molar-refractivity contribution in [3.63, 3.8) is 0 Å². The summed E-state index contributed by atoms with van der Waals surface area (Å²) in [5, 5.41) is 5.49. The lowest BCUT2D eigenvalue weighted by molar-refractivity contribution is -0.121. The third-order valence-electron chi connectivity index (χ3n) is 4.83. The van der Waals surface area contributed by atoms with Gasteiger partial charge in [-0.25, -0.2) is 0 Å². The molecule has 2 aromatic rings. The predicted molar refractivity (Wildman–Crippen MR) is 105 cm³/mol. The van der Waals surface area contributed by atoms with Gasteiger partial charge in [-0.15, -0.1) is 11.3 Å². The molecule has 1 fully saturated rings. The summed E-state index contributed by atoms with van der Waals surface area (Å²) in [7, 11) is 0. The number of amides is 2. The van der Waals surface area contributed by atoms with Gasteiger partial charge in [0.2, 0.25) is 5.91 Å². The standard InChI is InChI=1S/C20H23ClN2O2S/c21-18-6-2-1-5-17(18)20(25)23-11-9-15(10-12-23)7-8-19(24)22-14-16-4-3-13-26-16/h1-6,13,15H,7-12,14H2,(H,22,24). The molecule has 0 bridgehead atoms. The number of nitrogens with one attached hydrogen (secondary N) is 1. The molecule has 26 heavy (non-hydrogen) atoms. The summed E-state index contributed by atoms with van der Waals surface area (Å²) in [6, 6.07) is 11.2. The van der Waals surface area contributed by atoms with Gasteiger partial charge in [0.15, 0.2) is 0 Å². The number of nitrogens with zero attached hydrogens (tertiary/aromatic N) is 1. The number of rotatable bonds is 6. The van der Waals surface area contributed by atoms with Crippen LogP contribution in [0.25, 0.3) is 0 Å². The van der Waals surface area contributed by atoms with Crippen LogP contribution in [0.4, 0.5) is 0 Å². The summed E-state index contributed by atoms with van der Waals surface area (Å²) >= 11 is 7.78. The monoisotopic (exact) mass is 390 g/mol. The van der Waals surface area contributed by atoms with Crippen molar-refractivity contribution in [3.05, 3.63) is 57.2 Å². The van der Waals surface area contributed by atoms with Crippen molar-refractivity contribution in [1.29, 1.82) is 0 Å². The minimum Gasteiger partial charge on any atom is -0.351 e. The van der Waals surface area contributed by atoms with Crippen molar-refractivity contribution in [2.75, 3.05) is 13.1 Å². The predicted octanol–water partition coefficient (Wildman–Crippen LogP) is 4.35. The van der Waals surface area contributed by atoms with E-state index >= 15 is 0 Å². The quantitative estimate of drug-likeness (QED) is 0.797. The zero-order valence-corrected chi connectivity index (χ0v) is 16.2. The fraction of sp³-hybridized carbons (Fsp3) is 0.400. The van der Waals surface area contributed by atoms with E-state index in [9.17, 15) is 9.59 Å². The van der Waals surface area contributed by atoms with Crippen molar-refractivity contribution in [2.45, 2.75) is 32.2 Å². The van der Waals surface area contributed by atoms with Crippen molar-refractivity contribution >= 4 is 34.8 Å². The van der Waals surface area contributed by atoms with Gasteiger partial charge in [0, 0.05) is 24.4 Å². The summed E-state index contributed by atoms with van der Waals surface area (Å²) in [5.74, 6) is 0.605. The van der Waals surface area contributed by atoms with E-state index in [0.29, 0.717) is 29.5 Å². The molecule has 1 saturated heterocycles. The van der Waals surface area contributed by atoms with Crippen molar-refractivity contribution in [3.8, 4) is 0 Å². The molecular formula is C20H23ClN2O2S. The van der Waals surface area contributed by atoms with Gasteiger partial charge in [-0.05, 0) is 48.8 Å². The molecule has 3 rings (SSSR count). The van der Waals surface area contributed by atoms with Crippen LogP contribution in [0.3, 0.4) is 0 Å². The van der Waals surface area contributed by atoms with Crippen LogP contribution in [0.1, 0.15) is 40.9 Å². The molecule has 1 aliphatic heterocycles. The number of benzene rings is 1. The molecule has 1 N–H and O–H groups in total. The number of likely N-dealkylation sites (tertiary alicyclic amines) is 1. The molecule has 4 nitrogen and oxygen atoms in total. The maximum atomic E-state index is 12.6. The van der Waals surface area contributed by atoms with E-state index in [1.807, 2.05) is 34.5 Å². The Labute approximate surface area is 163 Å². The second kappa shape index (κ2) is 9.19. The zero-order valence-electron chi connectivity index (χ0n) is 14.6. The Hall–Kier alpha value is -1.85. The van der Waals surface area contributed by atoms with Gasteiger partial charge in [-0.1, -0.05) is 29.8 Å². The van der Waals surface area contributed by atoms with Crippen LogP contribution in [0.2, 0.25) is 5.02 Å². The van der Waals surface area contributed by atoms with E-state index in [4.69, 9.17) is 11.6 Å². The van der Waals surface area contributed by atoms with Crippen molar-refractivity contribution < 1.29 is 9.59 Å². The SMILES string of the molecule is O=C(CCC1CCN(C(=O)c2ccccc2Cl)CC1)NCc1cccs1. The van der Waals surface area contributed by atoms with Crippen LogP contribution < -0.4 is 5.32 Å². The van der Waals surface area contributed by atoms with Gasteiger partial charge in [0.1, 0.15) is 0 Å². The van der Waals surface area contributed by atoms with E-state index in [1.54, 1.807) is 23.5 Å². The lowest BCUT2D eigenvalue weighted by Crippen LogP contribution is -2.38. The Morgan fingerprint density at radius 2 is 1.92 bits per heavy atom.